The van der Waals surface area contributed by atoms with Crippen molar-refractivity contribution in [2.24, 2.45) is 0 Å². The maximum Gasteiger partial charge on any atom is 0.228 e. The van der Waals surface area contributed by atoms with Crippen LogP contribution in [-0.2, 0) is 11.2 Å². The van der Waals surface area contributed by atoms with Crippen molar-refractivity contribution < 1.29 is 14.3 Å². The fourth-order valence-corrected chi connectivity index (χ4v) is 4.07. The second-order valence-corrected chi connectivity index (χ2v) is 7.88. The molecule has 0 radical (unpaired) electrons. The van der Waals surface area contributed by atoms with Gasteiger partial charge in [0.15, 0.2) is 11.5 Å². The maximum absolute atomic E-state index is 12.7. The molecule has 2 aromatic carbocycles. The Kier molecular flexibility index (Phi) is 5.83. The topological polar surface area (TPSA) is 50.8 Å². The number of hydrogen-bond donors (Lipinski definition) is 1. The van der Waals surface area contributed by atoms with Crippen LogP contribution in [0.1, 0.15) is 24.8 Å². The lowest BCUT2D eigenvalue weighted by Crippen LogP contribution is -2.21. The van der Waals surface area contributed by atoms with E-state index < -0.39 is 0 Å². The van der Waals surface area contributed by atoms with Crippen LogP contribution in [0, 0.1) is 0 Å². The number of halogens is 2. The number of fused-ring (bicyclic) bond motifs is 1. The number of anilines is 2. The van der Waals surface area contributed by atoms with Crippen molar-refractivity contribution in [3.8, 4) is 11.5 Å². The molecule has 0 unspecified atom stereocenters. The molecule has 2 aliphatic rings. The molecule has 0 spiro atoms. The fourth-order valence-electron chi connectivity index (χ4n) is 3.61. The molecule has 1 N–H and O–H groups in total. The number of amides is 1. The Hall–Kier alpha value is -2.11. The van der Waals surface area contributed by atoms with Crippen LogP contribution in [0.25, 0.3) is 0 Å². The predicted octanol–water partition coefficient (Wildman–Crippen LogP) is 4.94. The van der Waals surface area contributed by atoms with Gasteiger partial charge >= 0.3 is 0 Å². The van der Waals surface area contributed by atoms with Gasteiger partial charge < -0.3 is 19.7 Å². The van der Waals surface area contributed by atoms with E-state index in [2.05, 4.69) is 10.2 Å². The Bertz CT molecular complexity index is 882. The molecule has 0 saturated carbocycles. The number of rotatable bonds is 4. The molecule has 1 fully saturated rings. The highest BCUT2D eigenvalue weighted by molar-refractivity contribution is 6.32. The van der Waals surface area contributed by atoms with Gasteiger partial charge in [0, 0.05) is 24.5 Å². The molecule has 0 aromatic heterocycles. The van der Waals surface area contributed by atoms with Gasteiger partial charge in [-0.25, -0.2) is 0 Å². The summed E-state index contributed by atoms with van der Waals surface area (Å²) in [7, 11) is 0. The summed E-state index contributed by atoms with van der Waals surface area (Å²) in [6.45, 7) is 3.12. The average Bonchev–Trinajstić information content (AvgIpc) is 3.07. The van der Waals surface area contributed by atoms with Gasteiger partial charge in [-0.05, 0) is 48.7 Å². The summed E-state index contributed by atoms with van der Waals surface area (Å²) in [5.74, 6) is 1.01. The molecule has 148 valence electrons. The van der Waals surface area contributed by atoms with Crippen LogP contribution in [0.2, 0.25) is 10.0 Å². The number of nitrogens with one attached hydrogen (secondary N) is 1. The SMILES string of the molecule is O=C(Cc1cc(Cl)c2c(c1)OCCCO2)Nc1cc(Cl)ccc1N1CCCC1. The Morgan fingerprint density at radius 2 is 1.82 bits per heavy atom. The summed E-state index contributed by atoms with van der Waals surface area (Å²) >= 11 is 12.5. The summed E-state index contributed by atoms with van der Waals surface area (Å²) in [6.07, 6.45) is 3.30. The van der Waals surface area contributed by atoms with Crippen molar-refractivity contribution in [2.75, 3.05) is 36.5 Å². The second-order valence-electron chi connectivity index (χ2n) is 7.04. The van der Waals surface area contributed by atoms with E-state index in [0.717, 1.165) is 49.3 Å². The predicted molar refractivity (Wildman–Crippen MR) is 112 cm³/mol. The molecule has 28 heavy (non-hydrogen) atoms. The summed E-state index contributed by atoms with van der Waals surface area (Å²) in [5.41, 5.74) is 2.52. The van der Waals surface area contributed by atoms with E-state index >= 15 is 0 Å². The number of benzene rings is 2. The molecule has 5 nitrogen and oxygen atoms in total. The Labute approximate surface area is 174 Å². The van der Waals surface area contributed by atoms with E-state index in [1.54, 1.807) is 12.1 Å². The smallest absolute Gasteiger partial charge is 0.228 e. The first-order valence-electron chi connectivity index (χ1n) is 9.52. The van der Waals surface area contributed by atoms with E-state index in [1.807, 2.05) is 18.2 Å². The van der Waals surface area contributed by atoms with Crippen molar-refractivity contribution in [3.05, 3.63) is 45.9 Å². The molecule has 2 heterocycles. The van der Waals surface area contributed by atoms with Crippen molar-refractivity contribution >= 4 is 40.5 Å². The van der Waals surface area contributed by atoms with Gasteiger partial charge in [-0.15, -0.1) is 0 Å². The van der Waals surface area contributed by atoms with Crippen LogP contribution in [0.15, 0.2) is 30.3 Å². The zero-order valence-corrected chi connectivity index (χ0v) is 17.0. The van der Waals surface area contributed by atoms with E-state index in [0.29, 0.717) is 34.8 Å². The number of nitrogens with zero attached hydrogens (tertiary/aromatic N) is 1. The Balaban J connectivity index is 1.51. The minimum absolute atomic E-state index is 0.131. The standard InChI is InChI=1S/C21H22Cl2N2O3/c22-15-4-5-18(25-6-1-2-7-25)17(13-15)24-20(26)12-14-10-16(23)21-19(11-14)27-8-3-9-28-21/h4-5,10-11,13H,1-3,6-9,12H2,(H,24,26). The zero-order valence-electron chi connectivity index (χ0n) is 15.5. The first kappa shape index (κ1) is 19.2. The molecular formula is C21H22Cl2N2O3. The van der Waals surface area contributed by atoms with Crippen molar-refractivity contribution in [1.29, 1.82) is 0 Å². The van der Waals surface area contributed by atoms with Gasteiger partial charge in [0.1, 0.15) is 0 Å². The van der Waals surface area contributed by atoms with Gasteiger partial charge in [-0.3, -0.25) is 4.79 Å². The van der Waals surface area contributed by atoms with E-state index in [9.17, 15) is 4.79 Å². The van der Waals surface area contributed by atoms with Crippen molar-refractivity contribution in [3.63, 3.8) is 0 Å². The lowest BCUT2D eigenvalue weighted by molar-refractivity contribution is -0.115. The zero-order chi connectivity index (χ0) is 19.5. The molecule has 1 amide bonds. The van der Waals surface area contributed by atoms with Crippen LogP contribution in [-0.4, -0.2) is 32.2 Å². The number of carbonyl (C=O) groups is 1. The third kappa shape index (κ3) is 4.31. The summed E-state index contributed by atoms with van der Waals surface area (Å²) < 4.78 is 11.3. The average molecular weight is 421 g/mol. The molecule has 7 heteroatoms. The number of hydrogen-bond acceptors (Lipinski definition) is 4. The lowest BCUT2D eigenvalue weighted by Gasteiger charge is -2.22. The molecule has 2 aliphatic heterocycles. The quantitative estimate of drug-likeness (QED) is 0.760. The summed E-state index contributed by atoms with van der Waals surface area (Å²) in [5, 5.41) is 4.06. The monoisotopic (exact) mass is 420 g/mol. The molecular weight excluding hydrogens is 399 g/mol. The second kappa shape index (κ2) is 8.50. The fraction of sp³-hybridized carbons (Fsp3) is 0.381. The van der Waals surface area contributed by atoms with Gasteiger partial charge in [0.25, 0.3) is 0 Å². The van der Waals surface area contributed by atoms with E-state index in [1.165, 1.54) is 0 Å². The van der Waals surface area contributed by atoms with Gasteiger partial charge in [-0.1, -0.05) is 23.2 Å². The lowest BCUT2D eigenvalue weighted by atomic mass is 10.1. The largest absolute Gasteiger partial charge is 0.489 e. The summed E-state index contributed by atoms with van der Waals surface area (Å²) in [4.78, 5) is 15.0. The van der Waals surface area contributed by atoms with Gasteiger partial charge in [0.2, 0.25) is 5.91 Å². The highest BCUT2D eigenvalue weighted by Gasteiger charge is 2.19. The first-order chi connectivity index (χ1) is 13.6. The van der Waals surface area contributed by atoms with Crippen molar-refractivity contribution in [2.45, 2.75) is 25.7 Å². The third-order valence-electron chi connectivity index (χ3n) is 4.91. The van der Waals surface area contributed by atoms with Crippen LogP contribution in [0.5, 0.6) is 11.5 Å². The molecule has 1 saturated heterocycles. The van der Waals surface area contributed by atoms with E-state index in [-0.39, 0.29) is 12.3 Å². The molecule has 0 atom stereocenters. The van der Waals surface area contributed by atoms with Crippen LogP contribution in [0.3, 0.4) is 0 Å². The van der Waals surface area contributed by atoms with Crippen LogP contribution in [0.4, 0.5) is 11.4 Å². The number of carbonyl (C=O) groups excluding carboxylic acids is 1. The van der Waals surface area contributed by atoms with Gasteiger partial charge in [0.05, 0.1) is 36.0 Å². The van der Waals surface area contributed by atoms with Crippen molar-refractivity contribution in [1.82, 2.24) is 0 Å². The van der Waals surface area contributed by atoms with Crippen LogP contribution >= 0.6 is 23.2 Å². The molecule has 0 aliphatic carbocycles. The van der Waals surface area contributed by atoms with Crippen LogP contribution < -0.4 is 19.7 Å². The Morgan fingerprint density at radius 1 is 1.04 bits per heavy atom. The van der Waals surface area contributed by atoms with E-state index in [4.69, 9.17) is 32.7 Å². The minimum atomic E-state index is -0.131. The maximum atomic E-state index is 12.7. The highest BCUT2D eigenvalue weighted by Crippen LogP contribution is 2.38. The number of ether oxygens (including phenoxy) is 2. The minimum Gasteiger partial charge on any atom is -0.489 e. The first-order valence-corrected chi connectivity index (χ1v) is 10.3. The third-order valence-corrected chi connectivity index (χ3v) is 5.42. The van der Waals surface area contributed by atoms with Gasteiger partial charge in [-0.2, -0.15) is 0 Å². The summed E-state index contributed by atoms with van der Waals surface area (Å²) in [6, 6.07) is 9.20. The molecule has 2 aromatic rings. The highest BCUT2D eigenvalue weighted by atomic mass is 35.5. The molecule has 0 bridgehead atoms. The molecule has 4 rings (SSSR count). The normalized spacial score (nSPS) is 16.0. The Morgan fingerprint density at radius 3 is 2.64 bits per heavy atom.